The molecule has 1 fully saturated rings. The van der Waals surface area contributed by atoms with Crippen LogP contribution in [0.25, 0.3) is 0 Å². The molecule has 1 saturated heterocycles. The molecule has 136 valence electrons. The zero-order valence-corrected chi connectivity index (χ0v) is 15.7. The summed E-state index contributed by atoms with van der Waals surface area (Å²) < 4.78 is 5.12. The van der Waals surface area contributed by atoms with Crippen LogP contribution in [0.4, 0.5) is 5.69 Å². The number of anilines is 1. The number of hydrogen-bond donors (Lipinski definition) is 0. The number of likely N-dealkylation sites (N-methyl/N-ethyl adjacent to an activating group) is 2. The molecule has 0 N–H and O–H groups in total. The fraction of sp³-hybridized carbons (Fsp3) is 0.600. The van der Waals surface area contributed by atoms with Crippen molar-refractivity contribution < 1.29 is 14.3 Å². The zero-order valence-electron chi connectivity index (χ0n) is 15.7. The Morgan fingerprint density at radius 3 is 2.76 bits per heavy atom. The third-order valence-corrected chi connectivity index (χ3v) is 5.76. The molecule has 0 radical (unpaired) electrons. The van der Waals surface area contributed by atoms with Gasteiger partial charge in [-0.15, -0.1) is 0 Å². The molecular formula is C20H28N2O3. The largest absolute Gasteiger partial charge is 0.460 e. The molecule has 2 heterocycles. The lowest BCUT2D eigenvalue weighted by Crippen LogP contribution is -2.45. The number of hydrogen-bond acceptors (Lipinski definition) is 5. The SMILES string of the molecule is CCCCCOC(=O)C(=O)c1ccc2c(c1)C1(C)CCN(C)C1N2C. The third-order valence-electron chi connectivity index (χ3n) is 5.76. The van der Waals surface area contributed by atoms with Gasteiger partial charge in [0.15, 0.2) is 0 Å². The lowest BCUT2D eigenvalue weighted by atomic mass is 9.80. The molecule has 1 aromatic carbocycles. The van der Waals surface area contributed by atoms with Crippen LogP contribution in [0.1, 0.15) is 55.5 Å². The summed E-state index contributed by atoms with van der Waals surface area (Å²) in [6.45, 7) is 5.68. The minimum Gasteiger partial charge on any atom is -0.460 e. The smallest absolute Gasteiger partial charge is 0.379 e. The van der Waals surface area contributed by atoms with Crippen LogP contribution in [0.2, 0.25) is 0 Å². The predicted molar refractivity (Wildman–Crippen MR) is 98.0 cm³/mol. The number of nitrogens with zero attached hydrogens (tertiary/aromatic N) is 2. The van der Waals surface area contributed by atoms with Crippen molar-refractivity contribution in [3.8, 4) is 0 Å². The third kappa shape index (κ3) is 2.95. The van der Waals surface area contributed by atoms with Crippen LogP contribution in [-0.4, -0.2) is 50.1 Å². The van der Waals surface area contributed by atoms with E-state index < -0.39 is 11.8 Å². The summed E-state index contributed by atoms with van der Waals surface area (Å²) in [5.74, 6) is -1.28. The van der Waals surface area contributed by atoms with Crippen molar-refractivity contribution in [3.63, 3.8) is 0 Å². The van der Waals surface area contributed by atoms with Crippen LogP contribution in [-0.2, 0) is 14.9 Å². The molecule has 2 unspecified atom stereocenters. The molecule has 0 aromatic heterocycles. The Hall–Kier alpha value is -1.88. The standard InChI is InChI=1S/C20H28N2O3/c1-5-6-7-12-25-18(24)17(23)14-8-9-16-15(13-14)20(2)10-11-21(3)19(20)22(16)4/h8-9,13,19H,5-7,10-12H2,1-4H3. The van der Waals surface area contributed by atoms with E-state index in [1.807, 2.05) is 12.1 Å². The van der Waals surface area contributed by atoms with Gasteiger partial charge in [0.1, 0.15) is 0 Å². The zero-order chi connectivity index (χ0) is 18.2. The fourth-order valence-corrected chi connectivity index (χ4v) is 4.42. The summed E-state index contributed by atoms with van der Waals surface area (Å²) in [6, 6.07) is 5.61. The van der Waals surface area contributed by atoms with E-state index in [0.717, 1.165) is 43.5 Å². The van der Waals surface area contributed by atoms with E-state index in [4.69, 9.17) is 4.74 Å². The maximum absolute atomic E-state index is 12.5. The highest BCUT2D eigenvalue weighted by Crippen LogP contribution is 2.51. The van der Waals surface area contributed by atoms with Crippen LogP contribution in [0.15, 0.2) is 18.2 Å². The van der Waals surface area contributed by atoms with Gasteiger partial charge < -0.3 is 9.64 Å². The first-order valence-electron chi connectivity index (χ1n) is 9.19. The second-order valence-corrected chi connectivity index (χ2v) is 7.54. The quantitative estimate of drug-likeness (QED) is 0.344. The van der Waals surface area contributed by atoms with E-state index in [1.165, 1.54) is 0 Å². The molecule has 0 saturated carbocycles. The summed E-state index contributed by atoms with van der Waals surface area (Å²) in [6.07, 6.45) is 4.20. The molecule has 0 aliphatic carbocycles. The van der Waals surface area contributed by atoms with Crippen LogP contribution >= 0.6 is 0 Å². The second kappa shape index (κ2) is 6.79. The van der Waals surface area contributed by atoms with Gasteiger partial charge >= 0.3 is 5.97 Å². The normalized spacial score (nSPS) is 25.0. The first-order chi connectivity index (χ1) is 11.9. The van der Waals surface area contributed by atoms with Crippen molar-refractivity contribution in [1.82, 2.24) is 4.90 Å². The highest BCUT2D eigenvalue weighted by Gasteiger charge is 2.52. The van der Waals surface area contributed by atoms with Crippen molar-refractivity contribution in [2.75, 3.05) is 32.1 Å². The van der Waals surface area contributed by atoms with Gasteiger partial charge in [-0.05, 0) is 43.7 Å². The molecule has 1 aromatic rings. The van der Waals surface area contributed by atoms with E-state index in [9.17, 15) is 9.59 Å². The number of ketones is 1. The summed E-state index contributed by atoms with van der Waals surface area (Å²) in [5.41, 5.74) is 2.73. The summed E-state index contributed by atoms with van der Waals surface area (Å²) in [7, 11) is 4.23. The molecule has 0 spiro atoms. The number of benzene rings is 1. The number of rotatable bonds is 6. The van der Waals surface area contributed by atoms with Gasteiger partial charge in [0.05, 0.1) is 12.8 Å². The monoisotopic (exact) mass is 344 g/mol. The van der Waals surface area contributed by atoms with Gasteiger partial charge in [0.2, 0.25) is 0 Å². The van der Waals surface area contributed by atoms with Crippen LogP contribution in [0.5, 0.6) is 0 Å². The molecule has 2 aliphatic rings. The van der Waals surface area contributed by atoms with E-state index in [2.05, 4.69) is 37.7 Å². The maximum Gasteiger partial charge on any atom is 0.379 e. The number of unbranched alkanes of at least 4 members (excludes halogenated alkanes) is 2. The molecule has 3 rings (SSSR count). The molecule has 5 heteroatoms. The fourth-order valence-electron chi connectivity index (χ4n) is 4.42. The topological polar surface area (TPSA) is 49.9 Å². The van der Waals surface area contributed by atoms with Gasteiger partial charge in [-0.1, -0.05) is 26.7 Å². The van der Waals surface area contributed by atoms with E-state index in [1.54, 1.807) is 6.07 Å². The first-order valence-corrected chi connectivity index (χ1v) is 9.19. The summed E-state index contributed by atoms with van der Waals surface area (Å²) in [4.78, 5) is 29.1. The van der Waals surface area contributed by atoms with Crippen LogP contribution in [0.3, 0.4) is 0 Å². The highest BCUT2D eigenvalue weighted by molar-refractivity contribution is 6.40. The number of fused-ring (bicyclic) bond motifs is 3. The Balaban J connectivity index is 1.79. The van der Waals surface area contributed by atoms with Crippen molar-refractivity contribution in [3.05, 3.63) is 29.3 Å². The Morgan fingerprint density at radius 1 is 1.28 bits per heavy atom. The highest BCUT2D eigenvalue weighted by atomic mass is 16.5. The number of likely N-dealkylation sites (tertiary alicyclic amines) is 1. The van der Waals surface area contributed by atoms with Crippen molar-refractivity contribution in [1.29, 1.82) is 0 Å². The first kappa shape index (κ1) is 17.9. The van der Waals surface area contributed by atoms with E-state index in [0.29, 0.717) is 18.3 Å². The molecule has 25 heavy (non-hydrogen) atoms. The molecule has 2 atom stereocenters. The minimum atomic E-state index is -0.743. The lowest BCUT2D eigenvalue weighted by Gasteiger charge is -2.32. The molecule has 2 aliphatic heterocycles. The van der Waals surface area contributed by atoms with Gasteiger partial charge in [-0.25, -0.2) is 4.79 Å². The van der Waals surface area contributed by atoms with Gasteiger partial charge in [-0.3, -0.25) is 9.69 Å². The van der Waals surface area contributed by atoms with Gasteiger partial charge in [0.25, 0.3) is 5.78 Å². The Labute approximate surface area is 149 Å². The predicted octanol–water partition coefficient (Wildman–Crippen LogP) is 2.97. The van der Waals surface area contributed by atoms with Gasteiger partial charge in [0, 0.05) is 30.3 Å². The van der Waals surface area contributed by atoms with E-state index >= 15 is 0 Å². The summed E-state index contributed by atoms with van der Waals surface area (Å²) in [5, 5.41) is 0. The average Bonchev–Trinajstić information content (AvgIpc) is 3.03. The van der Waals surface area contributed by atoms with Crippen LogP contribution in [0, 0.1) is 0 Å². The maximum atomic E-state index is 12.5. The molecule has 0 amide bonds. The Bertz CT molecular complexity index is 688. The Kier molecular flexibility index (Phi) is 4.87. The minimum absolute atomic E-state index is 0.0137. The van der Waals surface area contributed by atoms with Crippen molar-refractivity contribution >= 4 is 17.4 Å². The van der Waals surface area contributed by atoms with Crippen LogP contribution < -0.4 is 4.90 Å². The molecule has 0 bridgehead atoms. The number of esters is 1. The van der Waals surface area contributed by atoms with Crippen molar-refractivity contribution in [2.24, 2.45) is 0 Å². The van der Waals surface area contributed by atoms with E-state index in [-0.39, 0.29) is 5.41 Å². The molecular weight excluding hydrogens is 316 g/mol. The average molecular weight is 344 g/mol. The molecule has 5 nitrogen and oxygen atoms in total. The second-order valence-electron chi connectivity index (χ2n) is 7.54. The summed E-state index contributed by atoms with van der Waals surface area (Å²) >= 11 is 0. The Morgan fingerprint density at radius 2 is 2.04 bits per heavy atom. The number of carbonyl (C=O) groups is 2. The lowest BCUT2D eigenvalue weighted by molar-refractivity contribution is -0.138. The van der Waals surface area contributed by atoms with Gasteiger partial charge in [-0.2, -0.15) is 0 Å². The number of Topliss-reactive ketones (excluding diaryl/α,β-unsaturated/α-hetero) is 1. The van der Waals surface area contributed by atoms with Crippen molar-refractivity contribution in [2.45, 2.75) is 51.1 Å². The number of carbonyl (C=O) groups excluding carboxylic acids is 2. The number of ether oxygens (including phenoxy) is 1.